The van der Waals surface area contributed by atoms with Crippen LogP contribution in [0.1, 0.15) is 5.56 Å². The number of carbonyl (C=O) groups excluding carboxylic acids is 1. The molecular formula is C11H15N3O6S. The van der Waals surface area contributed by atoms with E-state index in [1.165, 1.54) is 24.3 Å². The number of hydrogen-bond acceptors (Lipinski definition) is 5. The number of sulfonamides is 1. The largest absolute Gasteiger partial charge is 0.480 e. The number of carboxylic acids is 1. The number of amides is 2. The number of rotatable bonds is 6. The minimum Gasteiger partial charge on any atom is -0.480 e. The van der Waals surface area contributed by atoms with Gasteiger partial charge in [0.2, 0.25) is 10.0 Å². The lowest BCUT2D eigenvalue weighted by molar-refractivity contribution is -0.140. The van der Waals surface area contributed by atoms with E-state index in [2.05, 4.69) is 10.6 Å². The maximum atomic E-state index is 11.4. The molecule has 0 spiro atoms. The van der Waals surface area contributed by atoms with Crippen molar-refractivity contribution in [3.8, 4) is 0 Å². The minimum atomic E-state index is -3.77. The van der Waals surface area contributed by atoms with Crippen molar-refractivity contribution in [2.75, 3.05) is 6.61 Å². The van der Waals surface area contributed by atoms with Gasteiger partial charge in [-0.1, -0.05) is 12.1 Å². The molecule has 9 nitrogen and oxygen atoms in total. The fourth-order valence-electron chi connectivity index (χ4n) is 1.37. The van der Waals surface area contributed by atoms with Crippen molar-refractivity contribution >= 4 is 22.0 Å². The molecule has 0 aliphatic rings. The number of primary sulfonamides is 1. The average Bonchev–Trinajstić information content (AvgIpc) is 2.41. The van der Waals surface area contributed by atoms with Gasteiger partial charge in [-0.15, -0.1) is 0 Å². The zero-order valence-corrected chi connectivity index (χ0v) is 11.6. The van der Waals surface area contributed by atoms with Gasteiger partial charge in [0.25, 0.3) is 0 Å². The molecule has 0 unspecified atom stereocenters. The highest BCUT2D eigenvalue weighted by atomic mass is 32.2. The Morgan fingerprint density at radius 1 is 1.24 bits per heavy atom. The van der Waals surface area contributed by atoms with Crippen molar-refractivity contribution < 1.29 is 28.2 Å². The molecular weight excluding hydrogens is 302 g/mol. The second-order valence-electron chi connectivity index (χ2n) is 4.09. The summed E-state index contributed by atoms with van der Waals surface area (Å²) in [5.41, 5.74) is 0.591. The molecule has 116 valence electrons. The van der Waals surface area contributed by atoms with Crippen LogP contribution in [0.5, 0.6) is 0 Å². The highest BCUT2D eigenvalue weighted by Gasteiger charge is 2.18. The van der Waals surface area contributed by atoms with Gasteiger partial charge < -0.3 is 20.8 Å². The first-order valence-corrected chi connectivity index (χ1v) is 7.28. The molecule has 0 fully saturated rings. The van der Waals surface area contributed by atoms with Crippen LogP contribution >= 0.6 is 0 Å². The minimum absolute atomic E-state index is 0.0501. The molecule has 0 aliphatic heterocycles. The van der Waals surface area contributed by atoms with E-state index in [4.69, 9.17) is 15.4 Å². The fourth-order valence-corrected chi connectivity index (χ4v) is 1.89. The summed E-state index contributed by atoms with van der Waals surface area (Å²) in [4.78, 5) is 22.0. The van der Waals surface area contributed by atoms with E-state index in [9.17, 15) is 18.0 Å². The molecule has 0 bridgehead atoms. The van der Waals surface area contributed by atoms with Crippen molar-refractivity contribution in [3.05, 3.63) is 29.8 Å². The van der Waals surface area contributed by atoms with Gasteiger partial charge in [0.05, 0.1) is 11.5 Å². The van der Waals surface area contributed by atoms with Crippen LogP contribution in [0.15, 0.2) is 29.2 Å². The molecule has 1 aromatic rings. The Morgan fingerprint density at radius 2 is 1.81 bits per heavy atom. The van der Waals surface area contributed by atoms with Crippen LogP contribution in [-0.2, 0) is 21.4 Å². The van der Waals surface area contributed by atoms with Crippen LogP contribution in [0.3, 0.4) is 0 Å². The van der Waals surface area contributed by atoms with E-state index in [0.29, 0.717) is 5.56 Å². The Hall–Kier alpha value is -2.17. The summed E-state index contributed by atoms with van der Waals surface area (Å²) in [5, 5.41) is 26.8. The van der Waals surface area contributed by atoms with Gasteiger partial charge in [-0.05, 0) is 17.7 Å². The number of urea groups is 1. The van der Waals surface area contributed by atoms with Crippen LogP contribution in [0.2, 0.25) is 0 Å². The monoisotopic (exact) mass is 317 g/mol. The number of nitrogens with two attached hydrogens (primary N) is 1. The molecule has 10 heteroatoms. The number of aliphatic hydroxyl groups is 1. The molecule has 0 saturated carbocycles. The first-order valence-electron chi connectivity index (χ1n) is 5.74. The summed E-state index contributed by atoms with van der Waals surface area (Å²) in [6.45, 7) is -0.680. The van der Waals surface area contributed by atoms with Crippen molar-refractivity contribution in [2.45, 2.75) is 17.5 Å². The van der Waals surface area contributed by atoms with Crippen LogP contribution < -0.4 is 15.8 Å². The van der Waals surface area contributed by atoms with E-state index < -0.39 is 34.7 Å². The summed E-state index contributed by atoms with van der Waals surface area (Å²) >= 11 is 0. The second-order valence-corrected chi connectivity index (χ2v) is 5.65. The summed E-state index contributed by atoms with van der Waals surface area (Å²) in [6.07, 6.45) is 0. The Bertz CT molecular complexity index is 613. The summed E-state index contributed by atoms with van der Waals surface area (Å²) in [5.74, 6) is -1.36. The first-order chi connectivity index (χ1) is 9.74. The molecule has 21 heavy (non-hydrogen) atoms. The maximum absolute atomic E-state index is 11.4. The third kappa shape index (κ3) is 5.38. The lowest BCUT2D eigenvalue weighted by atomic mass is 10.2. The van der Waals surface area contributed by atoms with Crippen LogP contribution in [0.25, 0.3) is 0 Å². The molecule has 1 rings (SSSR count). The van der Waals surface area contributed by atoms with Crippen molar-refractivity contribution in [1.82, 2.24) is 10.6 Å². The Balaban J connectivity index is 2.56. The number of nitrogens with one attached hydrogen (secondary N) is 2. The smallest absolute Gasteiger partial charge is 0.328 e. The normalized spacial score (nSPS) is 12.5. The zero-order chi connectivity index (χ0) is 16.0. The van der Waals surface area contributed by atoms with Gasteiger partial charge in [0.1, 0.15) is 0 Å². The van der Waals surface area contributed by atoms with Gasteiger partial charge in [-0.25, -0.2) is 23.1 Å². The molecule has 2 amide bonds. The van der Waals surface area contributed by atoms with Crippen LogP contribution in [-0.4, -0.2) is 43.3 Å². The Kier molecular flexibility index (Phi) is 5.64. The average molecular weight is 317 g/mol. The number of aliphatic carboxylic acids is 1. The third-order valence-electron chi connectivity index (χ3n) is 2.49. The predicted octanol–water partition coefficient (Wildman–Crippen LogP) is -1.42. The molecule has 0 saturated heterocycles. The van der Waals surface area contributed by atoms with E-state index in [0.717, 1.165) is 0 Å². The summed E-state index contributed by atoms with van der Waals surface area (Å²) in [7, 11) is -3.77. The molecule has 0 aromatic heterocycles. The Morgan fingerprint density at radius 3 is 2.24 bits per heavy atom. The molecule has 0 radical (unpaired) electrons. The van der Waals surface area contributed by atoms with E-state index in [-0.39, 0.29) is 11.4 Å². The standard InChI is InChI=1S/C11H15N3O6S/c12-21(19,20)8-3-1-7(2-4-8)5-13-11(18)14-9(6-15)10(16)17/h1-4,9,15H,5-6H2,(H,16,17)(H2,12,19,20)(H2,13,14,18)/t9-/m1/s1. The molecule has 0 aliphatic carbocycles. The number of benzene rings is 1. The zero-order valence-electron chi connectivity index (χ0n) is 10.8. The first kappa shape index (κ1) is 16.9. The number of aliphatic hydroxyl groups excluding tert-OH is 1. The molecule has 6 N–H and O–H groups in total. The lowest BCUT2D eigenvalue weighted by Gasteiger charge is -2.12. The quantitative estimate of drug-likeness (QED) is 0.433. The van der Waals surface area contributed by atoms with E-state index >= 15 is 0 Å². The van der Waals surface area contributed by atoms with Crippen LogP contribution in [0.4, 0.5) is 4.79 Å². The molecule has 1 aromatic carbocycles. The number of carbonyl (C=O) groups is 2. The second kappa shape index (κ2) is 7.02. The topological polar surface area (TPSA) is 159 Å². The molecule has 0 heterocycles. The summed E-state index contributed by atoms with van der Waals surface area (Å²) in [6, 6.07) is 3.33. The fraction of sp³-hybridized carbons (Fsp3) is 0.273. The summed E-state index contributed by atoms with van der Waals surface area (Å²) < 4.78 is 22.1. The predicted molar refractivity (Wildman–Crippen MR) is 71.7 cm³/mol. The van der Waals surface area contributed by atoms with E-state index in [1.807, 2.05) is 0 Å². The SMILES string of the molecule is NS(=O)(=O)c1ccc(CNC(=O)N[C@H](CO)C(=O)O)cc1. The highest BCUT2D eigenvalue weighted by Crippen LogP contribution is 2.08. The molecule has 1 atom stereocenters. The lowest BCUT2D eigenvalue weighted by Crippen LogP contribution is -2.47. The van der Waals surface area contributed by atoms with Gasteiger partial charge >= 0.3 is 12.0 Å². The Labute approximate surface area is 120 Å². The van der Waals surface area contributed by atoms with Gasteiger partial charge in [-0.2, -0.15) is 0 Å². The van der Waals surface area contributed by atoms with Crippen molar-refractivity contribution in [2.24, 2.45) is 5.14 Å². The number of carboxylic acid groups (broad SMARTS) is 1. The maximum Gasteiger partial charge on any atom is 0.328 e. The van der Waals surface area contributed by atoms with Crippen molar-refractivity contribution in [1.29, 1.82) is 0 Å². The van der Waals surface area contributed by atoms with Gasteiger partial charge in [0, 0.05) is 6.54 Å². The van der Waals surface area contributed by atoms with Crippen LogP contribution in [0, 0.1) is 0 Å². The number of hydrogen-bond donors (Lipinski definition) is 5. The highest BCUT2D eigenvalue weighted by molar-refractivity contribution is 7.89. The van der Waals surface area contributed by atoms with Gasteiger partial charge in [-0.3, -0.25) is 0 Å². The van der Waals surface area contributed by atoms with Gasteiger partial charge in [0.15, 0.2) is 6.04 Å². The van der Waals surface area contributed by atoms with Crippen molar-refractivity contribution in [3.63, 3.8) is 0 Å². The van der Waals surface area contributed by atoms with E-state index in [1.54, 1.807) is 0 Å². The third-order valence-corrected chi connectivity index (χ3v) is 3.42.